The Hall–Kier alpha value is -1.11. The van der Waals surface area contributed by atoms with Crippen LogP contribution in [0.2, 0.25) is 0 Å². The van der Waals surface area contributed by atoms with Crippen LogP contribution in [-0.2, 0) is 4.79 Å². The number of aryl methyl sites for hydroxylation is 1. The molecule has 5 nitrogen and oxygen atoms in total. The zero-order chi connectivity index (χ0) is 17.0. The Morgan fingerprint density at radius 2 is 2.00 bits per heavy atom. The minimum absolute atomic E-state index is 0. The molecular weight excluding hydrogens is 346 g/mol. The van der Waals surface area contributed by atoms with Gasteiger partial charge in [-0.3, -0.25) is 9.59 Å². The van der Waals surface area contributed by atoms with Gasteiger partial charge in [0, 0.05) is 24.0 Å². The van der Waals surface area contributed by atoms with Crippen molar-refractivity contribution < 1.29 is 9.59 Å². The van der Waals surface area contributed by atoms with Crippen molar-refractivity contribution in [1.29, 1.82) is 0 Å². The fourth-order valence-electron chi connectivity index (χ4n) is 3.03. The molecule has 1 fully saturated rings. The van der Waals surface area contributed by atoms with Gasteiger partial charge in [-0.1, -0.05) is 13.3 Å². The highest BCUT2D eigenvalue weighted by atomic mass is 35.5. The number of nitrogens with zero attached hydrogens (tertiary/aromatic N) is 1. The molecule has 1 aromatic rings. The fraction of sp³-hybridized carbons (Fsp3) is 0.647. The van der Waals surface area contributed by atoms with E-state index in [2.05, 4.69) is 5.32 Å². The van der Waals surface area contributed by atoms with E-state index in [9.17, 15) is 9.59 Å². The van der Waals surface area contributed by atoms with Gasteiger partial charge < -0.3 is 16.0 Å². The van der Waals surface area contributed by atoms with Gasteiger partial charge in [0.15, 0.2) is 0 Å². The molecule has 3 N–H and O–H groups in total. The number of piperidine rings is 1. The number of thiophene rings is 1. The van der Waals surface area contributed by atoms with Gasteiger partial charge in [-0.15, -0.1) is 23.7 Å². The number of halogens is 1. The van der Waals surface area contributed by atoms with Crippen molar-refractivity contribution in [2.45, 2.75) is 58.0 Å². The number of nitrogens with one attached hydrogen (secondary N) is 1. The van der Waals surface area contributed by atoms with Crippen LogP contribution in [0.15, 0.2) is 12.1 Å². The molecule has 1 unspecified atom stereocenters. The molecule has 0 aromatic carbocycles. The smallest absolute Gasteiger partial charge is 0.261 e. The van der Waals surface area contributed by atoms with Crippen LogP contribution in [0.5, 0.6) is 0 Å². The summed E-state index contributed by atoms with van der Waals surface area (Å²) in [4.78, 5) is 28.4. The Morgan fingerprint density at radius 1 is 1.38 bits per heavy atom. The Balaban J connectivity index is 0.00000288. The van der Waals surface area contributed by atoms with Gasteiger partial charge in [-0.25, -0.2) is 0 Å². The summed E-state index contributed by atoms with van der Waals surface area (Å²) >= 11 is 1.51. The van der Waals surface area contributed by atoms with E-state index in [1.165, 1.54) is 11.3 Å². The second-order valence-corrected chi connectivity index (χ2v) is 7.91. The first kappa shape index (κ1) is 20.9. The molecule has 1 saturated heterocycles. The molecule has 136 valence electrons. The van der Waals surface area contributed by atoms with Crippen LogP contribution >= 0.6 is 23.7 Å². The van der Waals surface area contributed by atoms with E-state index in [-0.39, 0.29) is 30.3 Å². The van der Waals surface area contributed by atoms with Crippen molar-refractivity contribution in [3.05, 3.63) is 21.9 Å². The summed E-state index contributed by atoms with van der Waals surface area (Å²) in [7, 11) is 0. The molecule has 0 bridgehead atoms. The lowest BCUT2D eigenvalue weighted by Gasteiger charge is -2.37. The van der Waals surface area contributed by atoms with Gasteiger partial charge in [-0.2, -0.15) is 0 Å². The van der Waals surface area contributed by atoms with Gasteiger partial charge in [-0.05, 0) is 45.2 Å². The lowest BCUT2D eigenvalue weighted by atomic mass is 9.94. The van der Waals surface area contributed by atoms with Crippen molar-refractivity contribution in [2.75, 3.05) is 13.1 Å². The summed E-state index contributed by atoms with van der Waals surface area (Å²) in [5.74, 6) is 0.0144. The molecule has 1 aliphatic rings. The largest absolute Gasteiger partial charge is 0.348 e. The third kappa shape index (κ3) is 5.19. The van der Waals surface area contributed by atoms with Gasteiger partial charge in [0.25, 0.3) is 5.91 Å². The molecule has 2 amide bonds. The van der Waals surface area contributed by atoms with E-state index in [0.717, 1.165) is 29.0 Å². The topological polar surface area (TPSA) is 75.4 Å². The normalized spacial score (nSPS) is 17.8. The number of hydrogen-bond acceptors (Lipinski definition) is 4. The summed E-state index contributed by atoms with van der Waals surface area (Å²) < 4.78 is 0. The highest BCUT2D eigenvalue weighted by Gasteiger charge is 2.34. The summed E-state index contributed by atoms with van der Waals surface area (Å²) in [5, 5.41) is 3.07. The van der Waals surface area contributed by atoms with E-state index in [0.29, 0.717) is 19.5 Å². The van der Waals surface area contributed by atoms with Crippen LogP contribution in [0.4, 0.5) is 0 Å². The molecule has 2 rings (SSSR count). The van der Waals surface area contributed by atoms with Crippen molar-refractivity contribution >= 4 is 35.6 Å². The third-order valence-electron chi connectivity index (χ3n) is 4.34. The SMILES string of the molecule is CCCC(C)(N)C(=O)N1CCC(NC(=O)c2ccc(C)s2)CC1.Cl. The molecule has 1 aromatic heterocycles. The van der Waals surface area contributed by atoms with Crippen LogP contribution in [0.25, 0.3) is 0 Å². The molecule has 24 heavy (non-hydrogen) atoms. The van der Waals surface area contributed by atoms with Crippen LogP contribution in [0, 0.1) is 6.92 Å². The van der Waals surface area contributed by atoms with E-state index in [1.807, 2.05) is 37.8 Å². The van der Waals surface area contributed by atoms with Crippen LogP contribution in [-0.4, -0.2) is 41.4 Å². The first-order chi connectivity index (χ1) is 10.8. The van der Waals surface area contributed by atoms with E-state index in [1.54, 1.807) is 0 Å². The molecule has 0 aliphatic carbocycles. The summed E-state index contributed by atoms with van der Waals surface area (Å²) in [6, 6.07) is 3.94. The molecule has 0 radical (unpaired) electrons. The van der Waals surface area contributed by atoms with E-state index >= 15 is 0 Å². The molecule has 1 atom stereocenters. The molecule has 7 heteroatoms. The maximum atomic E-state index is 12.5. The number of likely N-dealkylation sites (tertiary alicyclic amines) is 1. The lowest BCUT2D eigenvalue weighted by molar-refractivity contribution is -0.137. The van der Waals surface area contributed by atoms with E-state index < -0.39 is 5.54 Å². The van der Waals surface area contributed by atoms with Crippen LogP contribution in [0.1, 0.15) is 54.1 Å². The highest BCUT2D eigenvalue weighted by molar-refractivity contribution is 7.13. The average molecular weight is 374 g/mol. The third-order valence-corrected chi connectivity index (χ3v) is 5.34. The highest BCUT2D eigenvalue weighted by Crippen LogP contribution is 2.19. The molecule has 0 saturated carbocycles. The predicted octanol–water partition coefficient (Wildman–Crippen LogP) is 2.72. The average Bonchev–Trinajstić information content (AvgIpc) is 2.94. The van der Waals surface area contributed by atoms with Gasteiger partial charge >= 0.3 is 0 Å². The van der Waals surface area contributed by atoms with E-state index in [4.69, 9.17) is 5.73 Å². The number of carbonyl (C=O) groups excluding carboxylic acids is 2. The first-order valence-corrected chi connectivity index (χ1v) is 9.10. The fourth-order valence-corrected chi connectivity index (χ4v) is 3.80. The van der Waals surface area contributed by atoms with Crippen molar-refractivity contribution in [1.82, 2.24) is 10.2 Å². The zero-order valence-electron chi connectivity index (χ0n) is 14.6. The standard InChI is InChI=1S/C17H27N3O2S.ClH/c1-4-9-17(3,18)16(22)20-10-7-13(8-11-20)19-15(21)14-6-5-12(2)23-14;/h5-6,13H,4,7-11,18H2,1-3H3,(H,19,21);1H. The number of carbonyl (C=O) groups is 2. The number of amides is 2. The Labute approximate surface area is 154 Å². The summed E-state index contributed by atoms with van der Waals surface area (Å²) in [6.45, 7) is 7.15. The summed E-state index contributed by atoms with van der Waals surface area (Å²) in [6.07, 6.45) is 3.15. The number of rotatable bonds is 5. The van der Waals surface area contributed by atoms with Gasteiger partial charge in [0.2, 0.25) is 5.91 Å². The quantitative estimate of drug-likeness (QED) is 0.833. The minimum Gasteiger partial charge on any atom is -0.348 e. The maximum Gasteiger partial charge on any atom is 0.261 e. The van der Waals surface area contributed by atoms with Crippen LogP contribution in [0.3, 0.4) is 0 Å². The number of hydrogen-bond donors (Lipinski definition) is 2. The van der Waals surface area contributed by atoms with Crippen molar-refractivity contribution in [2.24, 2.45) is 5.73 Å². The maximum absolute atomic E-state index is 12.5. The second kappa shape index (κ2) is 8.83. The van der Waals surface area contributed by atoms with Gasteiger partial charge in [0.05, 0.1) is 10.4 Å². The van der Waals surface area contributed by atoms with Crippen molar-refractivity contribution in [3.8, 4) is 0 Å². The second-order valence-electron chi connectivity index (χ2n) is 6.62. The summed E-state index contributed by atoms with van der Waals surface area (Å²) in [5.41, 5.74) is 5.36. The van der Waals surface area contributed by atoms with Crippen LogP contribution < -0.4 is 11.1 Å². The molecular formula is C17H28ClN3O2S. The Kier molecular flexibility index (Phi) is 7.70. The molecule has 1 aliphatic heterocycles. The lowest BCUT2D eigenvalue weighted by Crippen LogP contribution is -2.56. The molecule has 0 spiro atoms. The van der Waals surface area contributed by atoms with Gasteiger partial charge in [0.1, 0.15) is 0 Å². The first-order valence-electron chi connectivity index (χ1n) is 8.29. The predicted molar refractivity (Wildman–Crippen MR) is 101 cm³/mol. The Bertz CT molecular complexity index is 566. The Morgan fingerprint density at radius 3 is 2.50 bits per heavy atom. The monoisotopic (exact) mass is 373 g/mol. The minimum atomic E-state index is -0.778. The molecule has 2 heterocycles. The van der Waals surface area contributed by atoms with Crippen molar-refractivity contribution in [3.63, 3.8) is 0 Å². The zero-order valence-corrected chi connectivity index (χ0v) is 16.3. The number of nitrogens with two attached hydrogens (primary N) is 1.